The highest BCUT2D eigenvalue weighted by Crippen LogP contribution is 2.23. The van der Waals surface area contributed by atoms with Crippen molar-refractivity contribution in [3.05, 3.63) is 16.5 Å². The molecular formula is C15H26BrN3. The van der Waals surface area contributed by atoms with Crippen molar-refractivity contribution in [2.75, 3.05) is 11.4 Å². The van der Waals surface area contributed by atoms with E-state index in [9.17, 15) is 0 Å². The summed E-state index contributed by atoms with van der Waals surface area (Å²) in [6, 6.07) is 2.54. The number of halogens is 1. The van der Waals surface area contributed by atoms with Gasteiger partial charge in [-0.2, -0.15) is 0 Å². The van der Waals surface area contributed by atoms with Crippen LogP contribution in [-0.4, -0.2) is 22.6 Å². The fraction of sp³-hybridized carbons (Fsp3) is 0.733. The molecule has 19 heavy (non-hydrogen) atoms. The summed E-state index contributed by atoms with van der Waals surface area (Å²) in [5, 5.41) is 0. The lowest BCUT2D eigenvalue weighted by molar-refractivity contribution is 0.585. The van der Waals surface area contributed by atoms with Gasteiger partial charge in [-0.3, -0.25) is 0 Å². The number of hydrogen-bond acceptors (Lipinski definition) is 3. The van der Waals surface area contributed by atoms with Crippen LogP contribution in [0.25, 0.3) is 0 Å². The topological polar surface area (TPSA) is 29.0 Å². The van der Waals surface area contributed by atoms with Crippen LogP contribution in [0.1, 0.15) is 65.6 Å². The van der Waals surface area contributed by atoms with Gasteiger partial charge in [0.1, 0.15) is 16.2 Å². The SMILES string of the molecule is CCCCN(c1cc(Br)nc(C(C)C)n1)C(C)CC. The molecule has 0 bridgehead atoms. The average molecular weight is 328 g/mol. The molecular weight excluding hydrogens is 302 g/mol. The summed E-state index contributed by atoms with van der Waals surface area (Å²) in [6.07, 6.45) is 3.53. The number of aromatic nitrogens is 2. The lowest BCUT2D eigenvalue weighted by Gasteiger charge is -2.30. The normalized spacial score (nSPS) is 12.8. The Morgan fingerprint density at radius 2 is 1.89 bits per heavy atom. The minimum absolute atomic E-state index is 0.348. The Balaban J connectivity index is 3.06. The zero-order valence-electron chi connectivity index (χ0n) is 12.8. The number of unbranched alkanes of at least 4 members (excludes halogenated alkanes) is 1. The highest BCUT2D eigenvalue weighted by molar-refractivity contribution is 9.10. The molecule has 0 saturated heterocycles. The Labute approximate surface area is 126 Å². The molecule has 0 amide bonds. The van der Waals surface area contributed by atoms with Gasteiger partial charge in [-0.1, -0.05) is 34.1 Å². The average Bonchev–Trinajstić information content (AvgIpc) is 2.38. The molecule has 3 nitrogen and oxygen atoms in total. The first-order valence-corrected chi connectivity index (χ1v) is 8.09. The van der Waals surface area contributed by atoms with Crippen molar-refractivity contribution in [3.8, 4) is 0 Å². The molecule has 4 heteroatoms. The Bertz CT molecular complexity index is 393. The van der Waals surface area contributed by atoms with Crippen LogP contribution in [-0.2, 0) is 0 Å². The summed E-state index contributed by atoms with van der Waals surface area (Å²) in [5.74, 6) is 2.31. The van der Waals surface area contributed by atoms with Gasteiger partial charge >= 0.3 is 0 Å². The first-order valence-electron chi connectivity index (χ1n) is 7.30. The maximum atomic E-state index is 4.74. The largest absolute Gasteiger partial charge is 0.354 e. The van der Waals surface area contributed by atoms with E-state index in [1.165, 1.54) is 12.8 Å². The second kappa shape index (κ2) is 7.83. The smallest absolute Gasteiger partial charge is 0.134 e. The van der Waals surface area contributed by atoms with E-state index in [-0.39, 0.29) is 0 Å². The summed E-state index contributed by atoms with van der Waals surface area (Å²) in [7, 11) is 0. The van der Waals surface area contributed by atoms with Crippen molar-refractivity contribution in [2.24, 2.45) is 0 Å². The van der Waals surface area contributed by atoms with Crippen molar-refractivity contribution < 1.29 is 0 Å². The molecule has 1 unspecified atom stereocenters. The molecule has 0 aliphatic heterocycles. The van der Waals surface area contributed by atoms with Gasteiger partial charge in [0.2, 0.25) is 0 Å². The zero-order valence-corrected chi connectivity index (χ0v) is 14.4. The minimum atomic E-state index is 0.348. The quantitative estimate of drug-likeness (QED) is 0.675. The van der Waals surface area contributed by atoms with Crippen LogP contribution in [0, 0.1) is 0 Å². The minimum Gasteiger partial charge on any atom is -0.354 e. The molecule has 0 aliphatic carbocycles. The van der Waals surface area contributed by atoms with Crippen LogP contribution in [0.3, 0.4) is 0 Å². The van der Waals surface area contributed by atoms with E-state index in [1.54, 1.807) is 0 Å². The molecule has 0 fully saturated rings. The summed E-state index contributed by atoms with van der Waals surface area (Å²) in [5.41, 5.74) is 0. The van der Waals surface area contributed by atoms with Gasteiger partial charge < -0.3 is 4.90 Å². The van der Waals surface area contributed by atoms with Gasteiger partial charge in [-0.05, 0) is 35.7 Å². The fourth-order valence-corrected chi connectivity index (χ4v) is 2.32. The van der Waals surface area contributed by atoms with Crippen molar-refractivity contribution in [2.45, 2.75) is 65.8 Å². The van der Waals surface area contributed by atoms with E-state index in [1.807, 2.05) is 6.07 Å². The Hall–Kier alpha value is -0.640. The highest BCUT2D eigenvalue weighted by atomic mass is 79.9. The standard InChI is InChI=1S/C15H26BrN3/c1-6-8-9-19(12(5)7-2)14-10-13(16)17-15(18-14)11(3)4/h10-12H,6-9H2,1-5H3. The first-order chi connectivity index (χ1) is 8.99. The molecule has 0 saturated carbocycles. The predicted octanol–water partition coefficient (Wildman–Crippen LogP) is 4.77. The van der Waals surface area contributed by atoms with Gasteiger partial charge in [0.15, 0.2) is 0 Å². The summed E-state index contributed by atoms with van der Waals surface area (Å²) < 4.78 is 0.881. The van der Waals surface area contributed by atoms with E-state index in [0.29, 0.717) is 12.0 Å². The van der Waals surface area contributed by atoms with Crippen molar-refractivity contribution in [1.82, 2.24) is 9.97 Å². The number of rotatable bonds is 7. The third-order valence-electron chi connectivity index (χ3n) is 3.38. The monoisotopic (exact) mass is 327 g/mol. The maximum Gasteiger partial charge on any atom is 0.134 e. The Kier molecular flexibility index (Phi) is 6.76. The van der Waals surface area contributed by atoms with Gasteiger partial charge in [0, 0.05) is 24.6 Å². The van der Waals surface area contributed by atoms with E-state index >= 15 is 0 Å². The molecule has 1 aromatic heterocycles. The summed E-state index contributed by atoms with van der Waals surface area (Å²) in [6.45, 7) is 12.0. The Morgan fingerprint density at radius 1 is 1.21 bits per heavy atom. The van der Waals surface area contributed by atoms with Crippen molar-refractivity contribution in [1.29, 1.82) is 0 Å². The van der Waals surface area contributed by atoms with Gasteiger partial charge in [-0.15, -0.1) is 0 Å². The van der Waals surface area contributed by atoms with Crippen LogP contribution < -0.4 is 4.90 Å². The second-order valence-corrected chi connectivity index (χ2v) is 6.18. The molecule has 0 N–H and O–H groups in total. The third-order valence-corrected chi connectivity index (χ3v) is 3.79. The molecule has 0 aliphatic rings. The van der Waals surface area contributed by atoms with E-state index in [2.05, 4.69) is 60.4 Å². The molecule has 108 valence electrons. The molecule has 0 aromatic carbocycles. The molecule has 0 radical (unpaired) electrons. The lowest BCUT2D eigenvalue weighted by Crippen LogP contribution is -2.34. The molecule has 1 heterocycles. The van der Waals surface area contributed by atoms with Crippen LogP contribution in [0.15, 0.2) is 10.7 Å². The van der Waals surface area contributed by atoms with E-state index in [4.69, 9.17) is 4.98 Å². The fourth-order valence-electron chi connectivity index (χ4n) is 1.94. The lowest BCUT2D eigenvalue weighted by atomic mass is 10.2. The third kappa shape index (κ3) is 4.75. The van der Waals surface area contributed by atoms with Gasteiger partial charge in [0.05, 0.1) is 0 Å². The van der Waals surface area contributed by atoms with Crippen LogP contribution in [0.4, 0.5) is 5.82 Å². The Morgan fingerprint density at radius 3 is 2.42 bits per heavy atom. The van der Waals surface area contributed by atoms with Gasteiger partial charge in [0.25, 0.3) is 0 Å². The number of anilines is 1. The van der Waals surface area contributed by atoms with E-state index < -0.39 is 0 Å². The number of nitrogens with zero attached hydrogens (tertiary/aromatic N) is 3. The van der Waals surface area contributed by atoms with Crippen LogP contribution in [0.5, 0.6) is 0 Å². The van der Waals surface area contributed by atoms with Gasteiger partial charge in [-0.25, -0.2) is 9.97 Å². The molecule has 1 atom stereocenters. The summed E-state index contributed by atoms with van der Waals surface area (Å²) in [4.78, 5) is 11.6. The van der Waals surface area contributed by atoms with Crippen LogP contribution in [0.2, 0.25) is 0 Å². The van der Waals surface area contributed by atoms with Crippen molar-refractivity contribution >= 4 is 21.7 Å². The second-order valence-electron chi connectivity index (χ2n) is 5.37. The molecule has 0 spiro atoms. The van der Waals surface area contributed by atoms with Crippen molar-refractivity contribution in [3.63, 3.8) is 0 Å². The first kappa shape index (κ1) is 16.4. The summed E-state index contributed by atoms with van der Waals surface area (Å²) >= 11 is 3.51. The number of hydrogen-bond donors (Lipinski definition) is 0. The highest BCUT2D eigenvalue weighted by Gasteiger charge is 2.16. The van der Waals surface area contributed by atoms with E-state index in [0.717, 1.165) is 29.2 Å². The molecule has 1 aromatic rings. The maximum absolute atomic E-state index is 4.74. The predicted molar refractivity (Wildman–Crippen MR) is 85.8 cm³/mol. The zero-order chi connectivity index (χ0) is 14.4. The molecule has 1 rings (SSSR count). The van der Waals surface area contributed by atoms with Crippen LogP contribution >= 0.6 is 15.9 Å².